The first-order valence-corrected chi connectivity index (χ1v) is 10.1. The number of carbonyl (C=O) groups excluding carboxylic acids is 1. The van der Waals surface area contributed by atoms with Crippen LogP contribution in [0.3, 0.4) is 0 Å². The molecule has 1 aliphatic heterocycles. The molecule has 0 saturated carbocycles. The van der Waals surface area contributed by atoms with Crippen molar-refractivity contribution in [1.82, 2.24) is 15.1 Å². The smallest absolute Gasteiger partial charge is 0.259 e. The van der Waals surface area contributed by atoms with Crippen LogP contribution in [0.15, 0.2) is 48.7 Å². The minimum Gasteiger partial charge on any atom is -0.319 e. The Morgan fingerprint density at radius 3 is 2.80 bits per heavy atom. The Balaban J connectivity index is 0.00000256. The van der Waals surface area contributed by atoms with E-state index in [2.05, 4.69) is 22.7 Å². The lowest BCUT2D eigenvalue weighted by Crippen LogP contribution is -2.25. The third-order valence-corrected chi connectivity index (χ3v) is 5.31. The second-order valence-corrected chi connectivity index (χ2v) is 7.34. The number of amides is 1. The van der Waals surface area contributed by atoms with Crippen LogP contribution < -0.4 is 10.6 Å². The summed E-state index contributed by atoms with van der Waals surface area (Å²) in [6.07, 6.45) is 3.83. The summed E-state index contributed by atoms with van der Waals surface area (Å²) < 4.78 is 16.8. The van der Waals surface area contributed by atoms with Crippen LogP contribution in [0.1, 0.15) is 46.1 Å². The number of benzene rings is 2. The van der Waals surface area contributed by atoms with Gasteiger partial charge in [-0.25, -0.2) is 4.39 Å². The van der Waals surface area contributed by atoms with E-state index in [9.17, 15) is 9.18 Å². The van der Waals surface area contributed by atoms with E-state index in [1.54, 1.807) is 12.3 Å². The number of hydrogen-bond acceptors (Lipinski definition) is 3. The van der Waals surface area contributed by atoms with E-state index in [-0.39, 0.29) is 29.8 Å². The van der Waals surface area contributed by atoms with Crippen molar-refractivity contribution < 1.29 is 9.18 Å². The Bertz CT molecular complexity index is 1020. The molecule has 1 amide bonds. The predicted octanol–water partition coefficient (Wildman–Crippen LogP) is 4.34. The predicted molar refractivity (Wildman–Crippen MR) is 119 cm³/mol. The molecule has 5 nitrogen and oxygen atoms in total. The molecule has 2 heterocycles. The standard InChI is InChI=1S/C23H25FN4O.ClH/c1-2-6-21-19(14-26-28(21)15-16-7-4-3-5-8-16)23(29)27-20-10-9-17-13-25-12-11-18(17)22(20)24;/h3-5,7-10,14,25H,2,6,11-13,15H2,1H3,(H,27,29);1H. The van der Waals surface area contributed by atoms with Crippen LogP contribution in [0.25, 0.3) is 0 Å². The zero-order valence-corrected chi connectivity index (χ0v) is 17.8. The average Bonchev–Trinajstić information content (AvgIpc) is 3.14. The summed E-state index contributed by atoms with van der Waals surface area (Å²) in [5.74, 6) is -0.647. The first-order valence-electron chi connectivity index (χ1n) is 10.1. The largest absolute Gasteiger partial charge is 0.319 e. The van der Waals surface area contributed by atoms with Gasteiger partial charge in [0, 0.05) is 6.54 Å². The van der Waals surface area contributed by atoms with Gasteiger partial charge < -0.3 is 10.6 Å². The van der Waals surface area contributed by atoms with Gasteiger partial charge in [-0.3, -0.25) is 9.48 Å². The maximum atomic E-state index is 14.9. The minimum atomic E-state index is -0.328. The molecule has 0 radical (unpaired) electrons. The van der Waals surface area contributed by atoms with Gasteiger partial charge in [0.1, 0.15) is 5.82 Å². The van der Waals surface area contributed by atoms with Crippen LogP contribution in [-0.4, -0.2) is 22.2 Å². The van der Waals surface area contributed by atoms with Gasteiger partial charge in [0.05, 0.1) is 29.7 Å². The molecular formula is C23H26ClFN4O. The summed E-state index contributed by atoms with van der Waals surface area (Å²) in [6.45, 7) is 4.07. The lowest BCUT2D eigenvalue weighted by molar-refractivity contribution is 0.102. The molecule has 0 atom stereocenters. The van der Waals surface area contributed by atoms with Gasteiger partial charge >= 0.3 is 0 Å². The van der Waals surface area contributed by atoms with Gasteiger partial charge in [0.15, 0.2) is 0 Å². The van der Waals surface area contributed by atoms with Gasteiger partial charge in [0.2, 0.25) is 0 Å². The van der Waals surface area contributed by atoms with Crippen LogP contribution in [0, 0.1) is 5.82 Å². The van der Waals surface area contributed by atoms with Crippen molar-refractivity contribution in [2.45, 2.75) is 39.3 Å². The fraction of sp³-hybridized carbons (Fsp3) is 0.304. The molecule has 0 aliphatic carbocycles. The molecule has 0 unspecified atom stereocenters. The number of aromatic nitrogens is 2. The third-order valence-electron chi connectivity index (χ3n) is 5.31. The van der Waals surface area contributed by atoms with Crippen molar-refractivity contribution in [1.29, 1.82) is 0 Å². The number of anilines is 1. The lowest BCUT2D eigenvalue weighted by atomic mass is 9.99. The molecule has 0 saturated heterocycles. The number of nitrogens with one attached hydrogen (secondary N) is 2. The molecule has 1 aliphatic rings. The van der Waals surface area contributed by atoms with Crippen molar-refractivity contribution in [3.8, 4) is 0 Å². The quantitative estimate of drug-likeness (QED) is 0.614. The molecule has 0 spiro atoms. The molecule has 158 valence electrons. The number of carbonyl (C=O) groups is 1. The van der Waals surface area contributed by atoms with Crippen molar-refractivity contribution in [3.05, 3.63) is 82.4 Å². The van der Waals surface area contributed by atoms with E-state index in [1.165, 1.54) is 0 Å². The average molecular weight is 429 g/mol. The summed E-state index contributed by atoms with van der Waals surface area (Å²) in [6, 6.07) is 13.5. The molecule has 2 aromatic carbocycles. The van der Waals surface area contributed by atoms with E-state index in [0.29, 0.717) is 30.6 Å². The zero-order valence-electron chi connectivity index (χ0n) is 17.0. The molecular weight excluding hydrogens is 403 g/mol. The summed E-state index contributed by atoms with van der Waals surface area (Å²) in [4.78, 5) is 13.0. The normalized spacial score (nSPS) is 12.7. The number of nitrogens with zero attached hydrogens (tertiary/aromatic N) is 2. The van der Waals surface area contributed by atoms with Crippen LogP contribution in [-0.2, 0) is 25.9 Å². The second-order valence-electron chi connectivity index (χ2n) is 7.34. The topological polar surface area (TPSA) is 59.0 Å². The molecule has 0 fully saturated rings. The highest BCUT2D eigenvalue weighted by Crippen LogP contribution is 2.25. The van der Waals surface area contributed by atoms with Crippen molar-refractivity contribution in [3.63, 3.8) is 0 Å². The van der Waals surface area contributed by atoms with Gasteiger partial charge in [-0.15, -0.1) is 12.4 Å². The summed E-state index contributed by atoms with van der Waals surface area (Å²) in [5.41, 5.74) is 4.37. The SMILES string of the molecule is CCCc1c(C(=O)Nc2ccc3c(c2F)CCNC3)cnn1Cc1ccccc1.Cl. The van der Waals surface area contributed by atoms with Gasteiger partial charge in [0.25, 0.3) is 5.91 Å². The van der Waals surface area contributed by atoms with Crippen LogP contribution in [0.5, 0.6) is 0 Å². The number of hydrogen-bond donors (Lipinski definition) is 2. The lowest BCUT2D eigenvalue weighted by Gasteiger charge is -2.19. The highest BCUT2D eigenvalue weighted by atomic mass is 35.5. The van der Waals surface area contributed by atoms with E-state index >= 15 is 0 Å². The molecule has 0 bridgehead atoms. The van der Waals surface area contributed by atoms with E-state index in [4.69, 9.17) is 0 Å². The second kappa shape index (κ2) is 9.87. The Morgan fingerprint density at radius 2 is 2.03 bits per heavy atom. The van der Waals surface area contributed by atoms with Crippen molar-refractivity contribution >= 4 is 24.0 Å². The molecule has 4 rings (SSSR count). The molecule has 2 N–H and O–H groups in total. The zero-order chi connectivity index (χ0) is 20.2. The van der Waals surface area contributed by atoms with Crippen LogP contribution in [0.2, 0.25) is 0 Å². The Morgan fingerprint density at radius 1 is 1.23 bits per heavy atom. The maximum Gasteiger partial charge on any atom is 0.259 e. The third kappa shape index (κ3) is 4.55. The van der Waals surface area contributed by atoms with E-state index in [1.807, 2.05) is 41.1 Å². The summed E-state index contributed by atoms with van der Waals surface area (Å²) in [5, 5.41) is 10.4. The molecule has 30 heavy (non-hydrogen) atoms. The number of fused-ring (bicyclic) bond motifs is 1. The fourth-order valence-corrected chi connectivity index (χ4v) is 3.81. The van der Waals surface area contributed by atoms with Gasteiger partial charge in [-0.1, -0.05) is 49.7 Å². The minimum absolute atomic E-state index is 0. The van der Waals surface area contributed by atoms with Crippen LogP contribution in [0.4, 0.5) is 10.1 Å². The highest BCUT2D eigenvalue weighted by Gasteiger charge is 2.21. The highest BCUT2D eigenvalue weighted by molar-refractivity contribution is 6.05. The van der Waals surface area contributed by atoms with Gasteiger partial charge in [-0.05, 0) is 42.1 Å². The summed E-state index contributed by atoms with van der Waals surface area (Å²) >= 11 is 0. The Kier molecular flexibility index (Phi) is 7.24. The Labute approximate surface area is 182 Å². The molecule has 3 aromatic rings. The van der Waals surface area contributed by atoms with E-state index < -0.39 is 0 Å². The van der Waals surface area contributed by atoms with E-state index in [0.717, 1.165) is 36.2 Å². The maximum absolute atomic E-state index is 14.9. The number of rotatable bonds is 6. The first-order chi connectivity index (χ1) is 14.2. The monoisotopic (exact) mass is 428 g/mol. The van der Waals surface area contributed by atoms with Gasteiger partial charge in [-0.2, -0.15) is 5.10 Å². The van der Waals surface area contributed by atoms with Crippen LogP contribution >= 0.6 is 12.4 Å². The number of halogens is 2. The fourth-order valence-electron chi connectivity index (χ4n) is 3.81. The molecule has 7 heteroatoms. The van der Waals surface area contributed by atoms with Crippen molar-refractivity contribution in [2.24, 2.45) is 0 Å². The first kappa shape index (κ1) is 22.0. The molecule has 1 aromatic heterocycles. The summed E-state index contributed by atoms with van der Waals surface area (Å²) in [7, 11) is 0. The Hall–Kier alpha value is -2.70. The van der Waals surface area contributed by atoms with Crippen molar-refractivity contribution in [2.75, 3.05) is 11.9 Å².